The Kier molecular flexibility index (Phi) is 5.90. The van der Waals surface area contributed by atoms with Crippen LogP contribution in [0.4, 0.5) is 24.7 Å². The molecular weight excluding hydrogens is 431 g/mol. The Morgan fingerprint density at radius 3 is 2.58 bits per heavy atom. The van der Waals surface area contributed by atoms with E-state index >= 15 is 0 Å². The molecule has 2 heterocycles. The third-order valence-corrected chi connectivity index (χ3v) is 5.97. The van der Waals surface area contributed by atoms with Crippen LogP contribution < -0.4 is 16.6 Å². The first-order valence-electron chi connectivity index (χ1n) is 10.9. The van der Waals surface area contributed by atoms with Crippen molar-refractivity contribution in [3.05, 3.63) is 63.2 Å². The zero-order valence-corrected chi connectivity index (χ0v) is 18.8. The van der Waals surface area contributed by atoms with E-state index < -0.39 is 17.8 Å². The highest BCUT2D eigenvalue weighted by atomic mass is 19.4. The molecule has 174 valence electrons. The molecule has 0 amide bonds. The van der Waals surface area contributed by atoms with Gasteiger partial charge in [-0.3, -0.25) is 9.36 Å². The van der Waals surface area contributed by atoms with Gasteiger partial charge >= 0.3 is 6.18 Å². The average Bonchev–Trinajstić information content (AvgIpc) is 2.76. The second kappa shape index (κ2) is 8.53. The number of pyridine rings is 1. The molecule has 3 N–H and O–H groups in total. The largest absolute Gasteiger partial charge is 0.416 e. The summed E-state index contributed by atoms with van der Waals surface area (Å²) in [5, 5.41) is 3.85. The summed E-state index contributed by atoms with van der Waals surface area (Å²) in [6.45, 7) is 3.45. The number of halogens is 3. The van der Waals surface area contributed by atoms with Crippen molar-refractivity contribution in [2.24, 2.45) is 7.05 Å². The van der Waals surface area contributed by atoms with Gasteiger partial charge in [-0.25, -0.2) is 9.97 Å². The van der Waals surface area contributed by atoms with Crippen LogP contribution in [0.2, 0.25) is 0 Å². The van der Waals surface area contributed by atoms with E-state index in [0.717, 1.165) is 43.4 Å². The van der Waals surface area contributed by atoms with Crippen molar-refractivity contribution in [3.63, 3.8) is 0 Å². The van der Waals surface area contributed by atoms with Gasteiger partial charge in [-0.2, -0.15) is 13.2 Å². The monoisotopic (exact) mass is 457 g/mol. The molecule has 2 aromatic heterocycles. The molecule has 0 aliphatic heterocycles. The highest BCUT2D eigenvalue weighted by molar-refractivity contribution is 5.89. The number of allylic oxidation sites excluding steroid dienone is 2. The van der Waals surface area contributed by atoms with Crippen molar-refractivity contribution >= 4 is 28.1 Å². The molecule has 0 fully saturated rings. The summed E-state index contributed by atoms with van der Waals surface area (Å²) in [6, 6.07) is 4.78. The van der Waals surface area contributed by atoms with Crippen LogP contribution in [-0.4, -0.2) is 14.5 Å². The van der Waals surface area contributed by atoms with E-state index in [0.29, 0.717) is 33.8 Å². The van der Waals surface area contributed by atoms with E-state index in [-0.39, 0.29) is 11.2 Å². The summed E-state index contributed by atoms with van der Waals surface area (Å²) >= 11 is 0. The van der Waals surface area contributed by atoms with Crippen LogP contribution in [0.25, 0.3) is 16.6 Å². The Morgan fingerprint density at radius 1 is 1.15 bits per heavy atom. The van der Waals surface area contributed by atoms with E-state index in [1.54, 1.807) is 27.0 Å². The lowest BCUT2D eigenvalue weighted by atomic mass is 9.94. The number of nitrogen functional groups attached to an aromatic ring is 1. The maximum Gasteiger partial charge on any atom is 0.416 e. The Balaban J connectivity index is 1.81. The summed E-state index contributed by atoms with van der Waals surface area (Å²) in [7, 11) is 1.67. The van der Waals surface area contributed by atoms with Crippen LogP contribution in [0, 0.1) is 6.92 Å². The minimum Gasteiger partial charge on any atom is -0.399 e. The normalized spacial score (nSPS) is 15.4. The third-order valence-electron chi connectivity index (χ3n) is 5.97. The van der Waals surface area contributed by atoms with Crippen LogP contribution in [-0.2, 0) is 13.2 Å². The average molecular weight is 458 g/mol. The highest BCUT2D eigenvalue weighted by Crippen LogP contribution is 2.34. The number of hydrogen-bond donors (Lipinski definition) is 2. The number of fused-ring (bicyclic) bond motifs is 1. The molecule has 0 saturated carbocycles. The van der Waals surface area contributed by atoms with Crippen molar-refractivity contribution in [2.75, 3.05) is 11.1 Å². The Hall–Kier alpha value is -3.36. The molecule has 1 atom stereocenters. The molecule has 0 bridgehead atoms. The summed E-state index contributed by atoms with van der Waals surface area (Å²) in [5.74, 6) is 0.898. The maximum atomic E-state index is 13.3. The maximum absolute atomic E-state index is 13.3. The van der Waals surface area contributed by atoms with Gasteiger partial charge in [0.1, 0.15) is 17.3 Å². The van der Waals surface area contributed by atoms with E-state index in [4.69, 9.17) is 5.73 Å². The van der Waals surface area contributed by atoms with Crippen molar-refractivity contribution in [2.45, 2.75) is 51.7 Å². The number of hydrogen-bond acceptors (Lipinski definition) is 5. The van der Waals surface area contributed by atoms with E-state index in [2.05, 4.69) is 21.4 Å². The first-order chi connectivity index (χ1) is 15.5. The second-order valence-electron chi connectivity index (χ2n) is 8.51. The molecule has 0 spiro atoms. The van der Waals surface area contributed by atoms with Crippen molar-refractivity contribution in [1.29, 1.82) is 0 Å². The zero-order chi connectivity index (χ0) is 23.9. The van der Waals surface area contributed by atoms with Crippen molar-refractivity contribution in [3.8, 4) is 0 Å². The first kappa shape index (κ1) is 22.8. The molecule has 33 heavy (non-hydrogen) atoms. The molecule has 3 aromatic rings. The quantitative estimate of drug-likeness (QED) is 0.515. The van der Waals surface area contributed by atoms with Crippen molar-refractivity contribution < 1.29 is 13.2 Å². The Bertz CT molecular complexity index is 1310. The smallest absolute Gasteiger partial charge is 0.399 e. The van der Waals surface area contributed by atoms with E-state index in [1.807, 2.05) is 0 Å². The number of aromatic nitrogens is 3. The second-order valence-corrected chi connectivity index (χ2v) is 8.51. The fourth-order valence-corrected chi connectivity index (χ4v) is 4.24. The number of anilines is 2. The SMILES string of the molecule is Cc1nc(N[C@H](C)c2cc(N)cc(C(F)(F)F)c2)c2cc(C3=CCCCC3)c(=O)n(C)c2n1. The number of rotatable bonds is 4. The van der Waals surface area contributed by atoms with Gasteiger partial charge in [0.25, 0.3) is 5.56 Å². The lowest BCUT2D eigenvalue weighted by Gasteiger charge is -2.20. The summed E-state index contributed by atoms with van der Waals surface area (Å²) in [4.78, 5) is 22.0. The van der Waals surface area contributed by atoms with Crippen LogP contribution in [0.1, 0.15) is 61.2 Å². The topological polar surface area (TPSA) is 85.8 Å². The van der Waals surface area contributed by atoms with E-state index in [1.165, 1.54) is 10.6 Å². The summed E-state index contributed by atoms with van der Waals surface area (Å²) in [5.41, 5.74) is 7.31. The molecule has 4 rings (SSSR count). The fraction of sp³-hybridized carbons (Fsp3) is 0.375. The number of benzene rings is 1. The van der Waals surface area contributed by atoms with Gasteiger partial charge in [0, 0.05) is 18.3 Å². The first-order valence-corrected chi connectivity index (χ1v) is 10.9. The van der Waals surface area contributed by atoms with Gasteiger partial charge in [0.2, 0.25) is 0 Å². The minimum absolute atomic E-state index is 0.0334. The van der Waals surface area contributed by atoms with Crippen LogP contribution in [0.5, 0.6) is 0 Å². The number of aryl methyl sites for hydroxylation is 2. The predicted molar refractivity (Wildman–Crippen MR) is 124 cm³/mol. The highest BCUT2D eigenvalue weighted by Gasteiger charge is 2.31. The molecule has 0 radical (unpaired) electrons. The number of nitrogens with zero attached hydrogens (tertiary/aromatic N) is 3. The van der Waals surface area contributed by atoms with Crippen LogP contribution >= 0.6 is 0 Å². The van der Waals surface area contributed by atoms with Gasteiger partial charge in [0.15, 0.2) is 0 Å². The minimum atomic E-state index is -4.50. The van der Waals surface area contributed by atoms with Crippen molar-refractivity contribution in [1.82, 2.24) is 14.5 Å². The molecular formula is C24H26F3N5O. The molecule has 1 aliphatic rings. The predicted octanol–water partition coefficient (Wildman–Crippen LogP) is 5.37. The third kappa shape index (κ3) is 4.58. The standard InChI is InChI=1S/C24H26F3N5O/c1-13(16-9-17(24(25,26)27)11-18(28)10-16)29-21-20-12-19(15-7-5-4-6-8-15)23(33)32(3)22(20)31-14(2)30-21/h7,9-13H,4-6,8,28H2,1-3H3,(H,29,30,31)/t13-/m1/s1. The Labute approximate surface area is 189 Å². The van der Waals surface area contributed by atoms with E-state index in [9.17, 15) is 18.0 Å². The lowest BCUT2D eigenvalue weighted by Crippen LogP contribution is -2.23. The summed E-state index contributed by atoms with van der Waals surface area (Å²) in [6.07, 6.45) is 1.49. The van der Waals surface area contributed by atoms with Gasteiger partial charge in [-0.05, 0) is 74.9 Å². The van der Waals surface area contributed by atoms with Crippen LogP contribution in [0.3, 0.4) is 0 Å². The number of alkyl halides is 3. The number of nitrogens with one attached hydrogen (secondary N) is 1. The van der Waals surface area contributed by atoms with Crippen LogP contribution in [0.15, 0.2) is 35.1 Å². The fourth-order valence-electron chi connectivity index (χ4n) is 4.24. The van der Waals surface area contributed by atoms with Gasteiger partial charge in [-0.1, -0.05) is 6.08 Å². The number of nitrogens with two attached hydrogens (primary N) is 1. The molecule has 0 unspecified atom stereocenters. The molecule has 9 heteroatoms. The zero-order valence-electron chi connectivity index (χ0n) is 18.8. The molecule has 1 aliphatic carbocycles. The molecule has 1 aromatic carbocycles. The summed E-state index contributed by atoms with van der Waals surface area (Å²) < 4.78 is 41.3. The molecule has 0 saturated heterocycles. The van der Waals surface area contributed by atoms with Gasteiger partial charge < -0.3 is 11.1 Å². The van der Waals surface area contributed by atoms with Gasteiger partial charge in [0.05, 0.1) is 17.0 Å². The van der Waals surface area contributed by atoms with Gasteiger partial charge in [-0.15, -0.1) is 0 Å². The molecule has 6 nitrogen and oxygen atoms in total. The lowest BCUT2D eigenvalue weighted by molar-refractivity contribution is -0.137. The Morgan fingerprint density at radius 2 is 1.91 bits per heavy atom.